The van der Waals surface area contributed by atoms with Crippen molar-refractivity contribution in [3.05, 3.63) is 34.0 Å². The van der Waals surface area contributed by atoms with Crippen molar-refractivity contribution >= 4 is 47.6 Å². The van der Waals surface area contributed by atoms with Gasteiger partial charge in [0.15, 0.2) is 5.12 Å². The molecule has 1 aliphatic heterocycles. The monoisotopic (exact) mass is 411 g/mol. The average Bonchev–Trinajstić information content (AvgIpc) is 2.79. The van der Waals surface area contributed by atoms with Gasteiger partial charge in [0.05, 0.1) is 23.9 Å². The molecule has 2 heterocycles. The molecule has 9 heteroatoms. The fraction of sp³-hybridized carbons (Fsp3) is 0.500. The highest BCUT2D eigenvalue weighted by Gasteiger charge is 2.52. The number of thioether (sulfide) groups is 1. The molecule has 1 aromatic heterocycles. The number of carbonyl (C=O) groups is 2. The number of halogens is 1. The molecule has 0 unspecified atom stereocenters. The third-order valence-electron chi connectivity index (χ3n) is 4.63. The van der Waals surface area contributed by atoms with Crippen molar-refractivity contribution in [1.82, 2.24) is 4.98 Å². The van der Waals surface area contributed by atoms with Crippen LogP contribution in [0.15, 0.2) is 17.7 Å². The van der Waals surface area contributed by atoms with Crippen molar-refractivity contribution in [2.24, 2.45) is 0 Å². The van der Waals surface area contributed by atoms with Gasteiger partial charge in [0.25, 0.3) is 0 Å². The number of rotatable bonds is 5. The van der Waals surface area contributed by atoms with E-state index in [0.29, 0.717) is 11.3 Å². The zero-order valence-electron chi connectivity index (χ0n) is 16.3. The van der Waals surface area contributed by atoms with Crippen molar-refractivity contribution in [2.45, 2.75) is 45.8 Å². The van der Waals surface area contributed by atoms with Crippen LogP contribution in [0.1, 0.15) is 50.5 Å². The van der Waals surface area contributed by atoms with Crippen LogP contribution in [0.3, 0.4) is 0 Å². The van der Waals surface area contributed by atoms with Crippen molar-refractivity contribution in [3.63, 3.8) is 0 Å². The molecule has 146 valence electrons. The van der Waals surface area contributed by atoms with Crippen LogP contribution in [0, 0.1) is 0 Å². The van der Waals surface area contributed by atoms with Crippen LogP contribution in [-0.2, 0) is 18.8 Å². The molecule has 0 spiro atoms. The first-order chi connectivity index (χ1) is 12.5. The van der Waals surface area contributed by atoms with E-state index in [-0.39, 0.29) is 15.8 Å². The predicted molar refractivity (Wildman–Crippen MR) is 108 cm³/mol. The van der Waals surface area contributed by atoms with E-state index in [1.807, 2.05) is 27.7 Å². The van der Waals surface area contributed by atoms with E-state index < -0.39 is 24.3 Å². The number of hydrogen-bond acceptors (Lipinski definition) is 7. The Morgan fingerprint density at radius 2 is 1.89 bits per heavy atom. The van der Waals surface area contributed by atoms with Crippen LogP contribution in [0.4, 0.5) is 0 Å². The number of methoxy groups -OCH3 is 1. The van der Waals surface area contributed by atoms with Crippen LogP contribution in [-0.4, -0.2) is 47.3 Å². The number of esters is 1. The molecule has 0 N–H and O–H groups in total. The molecule has 6 nitrogen and oxygen atoms in total. The van der Waals surface area contributed by atoms with Gasteiger partial charge >= 0.3 is 13.1 Å². The molecule has 0 atom stereocenters. The summed E-state index contributed by atoms with van der Waals surface area (Å²) in [6, 6.07) is 1.59. The fourth-order valence-electron chi connectivity index (χ4n) is 2.35. The van der Waals surface area contributed by atoms with E-state index in [4.69, 9.17) is 25.6 Å². The summed E-state index contributed by atoms with van der Waals surface area (Å²) in [5.41, 5.74) is 0.481. The summed E-state index contributed by atoms with van der Waals surface area (Å²) in [4.78, 5) is 27.3. The molecular weight excluding hydrogens is 389 g/mol. The van der Waals surface area contributed by atoms with Crippen LogP contribution < -0.4 is 0 Å². The second kappa shape index (κ2) is 8.35. The highest BCUT2D eigenvalue weighted by molar-refractivity contribution is 8.13. The van der Waals surface area contributed by atoms with Gasteiger partial charge < -0.3 is 14.0 Å². The molecule has 1 fully saturated rings. The van der Waals surface area contributed by atoms with Crippen molar-refractivity contribution in [1.29, 1.82) is 0 Å². The maximum Gasteiger partial charge on any atom is 0.491 e. The van der Waals surface area contributed by atoms with Crippen LogP contribution >= 0.6 is 23.4 Å². The van der Waals surface area contributed by atoms with Gasteiger partial charge in [-0.1, -0.05) is 29.4 Å². The Morgan fingerprint density at radius 1 is 1.30 bits per heavy atom. The third-order valence-corrected chi connectivity index (χ3v) is 5.83. The first-order valence-electron chi connectivity index (χ1n) is 8.40. The Bertz CT molecular complexity index is 765. The Hall–Kier alpha value is -1.35. The van der Waals surface area contributed by atoms with Gasteiger partial charge in [-0.3, -0.25) is 4.79 Å². The molecule has 0 aromatic carbocycles. The van der Waals surface area contributed by atoms with Gasteiger partial charge in [0.2, 0.25) is 0 Å². The summed E-state index contributed by atoms with van der Waals surface area (Å²) in [5.74, 6) is -0.144. The van der Waals surface area contributed by atoms with Gasteiger partial charge in [0, 0.05) is 24.4 Å². The van der Waals surface area contributed by atoms with E-state index in [1.165, 1.54) is 20.2 Å². The minimum atomic E-state index is -0.639. The van der Waals surface area contributed by atoms with E-state index >= 15 is 0 Å². The standard InChI is InChI=1S/C18H23BClNO5S/c1-11(22)27-10-14(19-25-17(2,3)18(4,5)26-19)8-12-7-13(16(23)24-6)9-21-15(12)20/h7-9H,10H2,1-6H3. The van der Waals surface area contributed by atoms with E-state index in [2.05, 4.69) is 4.98 Å². The van der Waals surface area contributed by atoms with Crippen molar-refractivity contribution in [2.75, 3.05) is 12.9 Å². The number of carbonyl (C=O) groups excluding carboxylic acids is 2. The van der Waals surface area contributed by atoms with Crippen molar-refractivity contribution < 1.29 is 23.6 Å². The maximum absolute atomic E-state index is 11.8. The van der Waals surface area contributed by atoms with Gasteiger partial charge in [-0.15, -0.1) is 0 Å². The van der Waals surface area contributed by atoms with Crippen LogP contribution in [0.2, 0.25) is 5.15 Å². The first kappa shape index (κ1) is 21.9. The predicted octanol–water partition coefficient (Wildman–Crippen LogP) is 3.82. The molecule has 27 heavy (non-hydrogen) atoms. The molecule has 1 aromatic rings. The molecule has 0 saturated carbocycles. The summed E-state index contributed by atoms with van der Waals surface area (Å²) in [6.45, 7) is 9.31. The van der Waals surface area contributed by atoms with Crippen LogP contribution in [0.25, 0.3) is 6.08 Å². The van der Waals surface area contributed by atoms with Gasteiger partial charge in [-0.05, 0) is 39.2 Å². The number of hydrogen-bond donors (Lipinski definition) is 0. The van der Waals surface area contributed by atoms with E-state index in [9.17, 15) is 9.59 Å². The zero-order valence-corrected chi connectivity index (χ0v) is 17.9. The number of pyridine rings is 1. The quantitative estimate of drug-likeness (QED) is 0.414. The maximum atomic E-state index is 11.8. The zero-order chi connectivity index (χ0) is 20.4. The van der Waals surface area contributed by atoms with Crippen LogP contribution in [0.5, 0.6) is 0 Å². The average molecular weight is 412 g/mol. The SMILES string of the molecule is COC(=O)c1cnc(Cl)c(C=C(CSC(C)=O)B2OC(C)(C)C(C)(C)O2)c1. The Balaban J connectivity index is 2.43. The number of aromatic nitrogens is 1. The highest BCUT2D eigenvalue weighted by Crippen LogP contribution is 2.39. The molecular formula is C18H23BClNO5S. The topological polar surface area (TPSA) is 74.7 Å². The number of ether oxygens (including phenoxy) is 1. The van der Waals surface area contributed by atoms with Gasteiger partial charge in [0.1, 0.15) is 5.15 Å². The molecule has 0 amide bonds. The highest BCUT2D eigenvalue weighted by atomic mass is 35.5. The minimum Gasteiger partial charge on any atom is -0.465 e. The Kier molecular flexibility index (Phi) is 6.79. The molecule has 0 aliphatic carbocycles. The Labute approximate surface area is 169 Å². The summed E-state index contributed by atoms with van der Waals surface area (Å²) in [7, 11) is 0.658. The second-order valence-electron chi connectivity index (χ2n) is 7.18. The lowest BCUT2D eigenvalue weighted by Crippen LogP contribution is -2.41. The van der Waals surface area contributed by atoms with Gasteiger partial charge in [-0.25, -0.2) is 9.78 Å². The minimum absolute atomic E-state index is 0.0232. The molecule has 1 saturated heterocycles. The summed E-state index contributed by atoms with van der Waals surface area (Å²) in [5, 5.41) is 0.203. The van der Waals surface area contributed by atoms with E-state index in [0.717, 1.165) is 17.2 Å². The lowest BCUT2D eigenvalue weighted by atomic mass is 9.78. The molecule has 0 radical (unpaired) electrons. The second-order valence-corrected chi connectivity index (χ2v) is 8.69. The number of nitrogens with zero attached hydrogens (tertiary/aromatic N) is 1. The lowest BCUT2D eigenvalue weighted by Gasteiger charge is -2.32. The molecule has 1 aliphatic rings. The Morgan fingerprint density at radius 3 is 2.41 bits per heavy atom. The van der Waals surface area contributed by atoms with E-state index in [1.54, 1.807) is 12.1 Å². The third kappa shape index (κ3) is 5.13. The summed E-state index contributed by atoms with van der Waals surface area (Å²) >= 11 is 7.35. The first-order valence-corrected chi connectivity index (χ1v) is 9.76. The summed E-state index contributed by atoms with van der Waals surface area (Å²) in [6.07, 6.45) is 3.10. The lowest BCUT2D eigenvalue weighted by molar-refractivity contribution is -0.109. The molecule has 2 rings (SSSR count). The summed E-state index contributed by atoms with van der Waals surface area (Å²) < 4.78 is 16.9. The van der Waals surface area contributed by atoms with Crippen molar-refractivity contribution in [3.8, 4) is 0 Å². The fourth-order valence-corrected chi connectivity index (χ4v) is 3.10. The molecule has 0 bridgehead atoms. The normalized spacial score (nSPS) is 18.5. The van der Waals surface area contributed by atoms with Gasteiger partial charge in [-0.2, -0.15) is 0 Å². The largest absolute Gasteiger partial charge is 0.491 e. The smallest absolute Gasteiger partial charge is 0.465 e.